The Kier molecular flexibility index (Phi) is 6.72. The van der Waals surface area contributed by atoms with Gasteiger partial charge in [-0.05, 0) is 61.9 Å². The van der Waals surface area contributed by atoms with Gasteiger partial charge in [0.15, 0.2) is 0 Å². The fourth-order valence-corrected chi connectivity index (χ4v) is 4.55. The third-order valence-electron chi connectivity index (χ3n) is 5.72. The van der Waals surface area contributed by atoms with Gasteiger partial charge in [-0.1, -0.05) is 0 Å². The van der Waals surface area contributed by atoms with Gasteiger partial charge in [-0.25, -0.2) is 17.8 Å². The minimum Gasteiger partial charge on any atom is -0.378 e. The van der Waals surface area contributed by atoms with Gasteiger partial charge in [0.2, 0.25) is 10.0 Å². The lowest BCUT2D eigenvalue weighted by atomic mass is 10.0. The van der Waals surface area contributed by atoms with Crippen LogP contribution in [0.3, 0.4) is 0 Å². The zero-order valence-corrected chi connectivity index (χ0v) is 20.1. The monoisotopic (exact) mass is 486 g/mol. The van der Waals surface area contributed by atoms with Gasteiger partial charge in [0.25, 0.3) is 5.91 Å². The maximum Gasteiger partial charge on any atom is 0.251 e. The summed E-state index contributed by atoms with van der Waals surface area (Å²) in [6.07, 6.45) is 1.00. The van der Waals surface area contributed by atoms with Crippen LogP contribution in [-0.2, 0) is 14.8 Å². The van der Waals surface area contributed by atoms with Gasteiger partial charge in [0.1, 0.15) is 11.6 Å². The van der Waals surface area contributed by atoms with Crippen LogP contribution >= 0.6 is 0 Å². The smallest absolute Gasteiger partial charge is 0.251 e. The number of nitrogens with one attached hydrogen (secondary N) is 2. The van der Waals surface area contributed by atoms with E-state index in [0.29, 0.717) is 24.3 Å². The van der Waals surface area contributed by atoms with E-state index in [1.54, 1.807) is 32.0 Å². The fourth-order valence-electron chi connectivity index (χ4n) is 3.93. The Balaban J connectivity index is 1.50. The van der Waals surface area contributed by atoms with Gasteiger partial charge in [-0.15, -0.1) is 0 Å². The molecular formula is C24H27FN4O4S. The quantitative estimate of drug-likeness (QED) is 0.554. The fraction of sp³-hybridized carbons (Fsp3) is 0.333. The normalized spacial score (nSPS) is 15.2. The molecule has 4 rings (SSSR count). The summed E-state index contributed by atoms with van der Waals surface area (Å²) < 4.78 is 45.3. The highest BCUT2D eigenvalue weighted by atomic mass is 32.2. The summed E-state index contributed by atoms with van der Waals surface area (Å²) in [4.78, 5) is 19.7. The van der Waals surface area contributed by atoms with E-state index in [-0.39, 0.29) is 17.2 Å². The molecule has 1 aliphatic heterocycles. The van der Waals surface area contributed by atoms with E-state index in [4.69, 9.17) is 9.72 Å². The van der Waals surface area contributed by atoms with E-state index in [2.05, 4.69) is 14.9 Å². The van der Waals surface area contributed by atoms with Crippen LogP contribution in [0, 0.1) is 12.7 Å². The summed E-state index contributed by atoms with van der Waals surface area (Å²) in [7, 11) is -3.53. The maximum atomic E-state index is 14.7. The number of hydrogen-bond donors (Lipinski definition) is 2. The van der Waals surface area contributed by atoms with Crippen molar-refractivity contribution < 1.29 is 22.3 Å². The van der Waals surface area contributed by atoms with Crippen LogP contribution in [0.15, 0.2) is 42.5 Å². The molecule has 1 aromatic heterocycles. The van der Waals surface area contributed by atoms with Crippen molar-refractivity contribution in [1.82, 2.24) is 10.3 Å². The first-order valence-corrected chi connectivity index (χ1v) is 12.8. The number of hydrogen-bond acceptors (Lipinski definition) is 6. The molecule has 3 aromatic rings. The third kappa shape index (κ3) is 5.45. The second-order valence-electron chi connectivity index (χ2n) is 8.43. The molecule has 2 N–H and O–H groups in total. The van der Waals surface area contributed by atoms with Crippen LogP contribution in [0.1, 0.15) is 34.5 Å². The van der Waals surface area contributed by atoms with E-state index < -0.39 is 21.9 Å². The number of pyridine rings is 1. The predicted molar refractivity (Wildman–Crippen MR) is 130 cm³/mol. The molecule has 180 valence electrons. The molecule has 2 heterocycles. The lowest BCUT2D eigenvalue weighted by Gasteiger charge is -2.27. The van der Waals surface area contributed by atoms with Crippen LogP contribution in [-0.4, -0.2) is 51.9 Å². The summed E-state index contributed by atoms with van der Waals surface area (Å²) >= 11 is 0. The van der Waals surface area contributed by atoms with Crippen molar-refractivity contribution in [3.05, 3.63) is 65.0 Å². The Hall–Kier alpha value is -3.24. The van der Waals surface area contributed by atoms with Crippen LogP contribution in [0.25, 0.3) is 10.9 Å². The Morgan fingerprint density at radius 3 is 2.59 bits per heavy atom. The van der Waals surface area contributed by atoms with Crippen LogP contribution < -0.4 is 14.9 Å². The molecule has 1 atom stereocenters. The Morgan fingerprint density at radius 1 is 1.15 bits per heavy atom. The Morgan fingerprint density at radius 2 is 1.88 bits per heavy atom. The summed E-state index contributed by atoms with van der Waals surface area (Å²) in [5.41, 5.74) is 2.20. The summed E-state index contributed by atoms with van der Waals surface area (Å²) in [5, 5.41) is 3.65. The first kappa shape index (κ1) is 23.9. The highest BCUT2D eigenvalue weighted by Gasteiger charge is 2.18. The van der Waals surface area contributed by atoms with E-state index in [9.17, 15) is 17.6 Å². The number of amides is 1. The number of carbonyl (C=O) groups is 1. The average molecular weight is 487 g/mol. The minimum absolute atomic E-state index is 0.167. The highest BCUT2D eigenvalue weighted by molar-refractivity contribution is 7.92. The number of carbonyl (C=O) groups excluding carboxylic acids is 1. The van der Waals surface area contributed by atoms with Crippen molar-refractivity contribution in [1.29, 1.82) is 0 Å². The molecule has 1 amide bonds. The maximum absolute atomic E-state index is 14.7. The molecule has 8 nitrogen and oxygen atoms in total. The van der Waals surface area contributed by atoms with Crippen molar-refractivity contribution in [2.75, 3.05) is 42.2 Å². The van der Waals surface area contributed by atoms with Gasteiger partial charge < -0.3 is 15.0 Å². The molecule has 0 spiro atoms. The molecular weight excluding hydrogens is 459 g/mol. The van der Waals surface area contributed by atoms with Crippen molar-refractivity contribution in [3.63, 3.8) is 0 Å². The largest absolute Gasteiger partial charge is 0.378 e. The minimum atomic E-state index is -3.53. The second kappa shape index (κ2) is 9.55. The van der Waals surface area contributed by atoms with Gasteiger partial charge in [-0.2, -0.15) is 0 Å². The predicted octanol–water partition coefficient (Wildman–Crippen LogP) is 3.38. The topological polar surface area (TPSA) is 101 Å². The summed E-state index contributed by atoms with van der Waals surface area (Å²) in [5.74, 6) is -0.0776. The molecule has 34 heavy (non-hydrogen) atoms. The molecule has 1 aliphatic rings. The van der Waals surface area contributed by atoms with E-state index in [0.717, 1.165) is 42.1 Å². The average Bonchev–Trinajstić information content (AvgIpc) is 2.80. The number of aromatic nitrogens is 1. The van der Waals surface area contributed by atoms with Gasteiger partial charge in [0, 0.05) is 29.6 Å². The first-order chi connectivity index (χ1) is 16.1. The molecule has 0 bridgehead atoms. The summed E-state index contributed by atoms with van der Waals surface area (Å²) in [6.45, 7) is 6.28. The number of nitrogens with zero attached hydrogens (tertiary/aromatic N) is 2. The lowest BCUT2D eigenvalue weighted by molar-refractivity contribution is 0.0939. The van der Waals surface area contributed by atoms with E-state index in [1.807, 2.05) is 12.1 Å². The van der Waals surface area contributed by atoms with E-state index >= 15 is 0 Å². The SMILES string of the molecule is Cc1cc(C(C)NC(=O)c2ccc3nc(N4CCOCC4)ccc3c2)c(F)cc1NS(C)(=O)=O. The number of sulfonamides is 1. The Labute approximate surface area is 198 Å². The Bertz CT molecular complexity index is 1340. The molecule has 0 radical (unpaired) electrons. The van der Waals surface area contributed by atoms with E-state index in [1.165, 1.54) is 6.07 Å². The standard InChI is InChI=1S/C24H27FN4O4S/c1-15-12-19(20(25)14-22(15)28-34(3,31)32)16(2)26-24(30)18-4-6-21-17(13-18)5-7-23(27-21)29-8-10-33-11-9-29/h4-7,12-14,16,28H,8-11H2,1-3H3,(H,26,30). The summed E-state index contributed by atoms with van der Waals surface area (Å²) in [6, 6.07) is 11.2. The van der Waals surface area contributed by atoms with Crippen LogP contribution in [0.2, 0.25) is 0 Å². The lowest BCUT2D eigenvalue weighted by Crippen LogP contribution is -2.36. The molecule has 1 fully saturated rings. The molecule has 1 unspecified atom stereocenters. The second-order valence-corrected chi connectivity index (χ2v) is 10.2. The van der Waals surface area contributed by atoms with Crippen molar-refractivity contribution in [3.8, 4) is 0 Å². The number of aryl methyl sites for hydroxylation is 1. The van der Waals surface area contributed by atoms with Crippen molar-refractivity contribution in [2.24, 2.45) is 0 Å². The first-order valence-electron chi connectivity index (χ1n) is 10.9. The van der Waals surface area contributed by atoms with Gasteiger partial charge in [0.05, 0.1) is 36.7 Å². The van der Waals surface area contributed by atoms with Gasteiger partial charge >= 0.3 is 0 Å². The number of fused-ring (bicyclic) bond motifs is 1. The molecule has 2 aromatic carbocycles. The molecule has 10 heteroatoms. The number of rotatable bonds is 6. The third-order valence-corrected chi connectivity index (χ3v) is 6.32. The van der Waals surface area contributed by atoms with Crippen LogP contribution in [0.5, 0.6) is 0 Å². The number of benzene rings is 2. The van der Waals surface area contributed by atoms with Crippen molar-refractivity contribution in [2.45, 2.75) is 19.9 Å². The number of anilines is 2. The van der Waals surface area contributed by atoms with Gasteiger partial charge in [-0.3, -0.25) is 9.52 Å². The number of ether oxygens (including phenoxy) is 1. The molecule has 0 saturated carbocycles. The number of halogens is 1. The zero-order valence-electron chi connectivity index (χ0n) is 19.3. The zero-order chi connectivity index (χ0) is 24.5. The van der Waals surface area contributed by atoms with Crippen LogP contribution in [0.4, 0.5) is 15.9 Å². The number of morpholine rings is 1. The van der Waals surface area contributed by atoms with Crippen molar-refractivity contribution >= 4 is 38.3 Å². The highest BCUT2D eigenvalue weighted by Crippen LogP contribution is 2.26. The molecule has 0 aliphatic carbocycles. The molecule has 1 saturated heterocycles.